The Hall–Kier alpha value is -2.18. The van der Waals surface area contributed by atoms with Gasteiger partial charge < -0.3 is 10.6 Å². The summed E-state index contributed by atoms with van der Waals surface area (Å²) in [6, 6.07) is 11.2. The molecule has 1 atom stereocenters. The van der Waals surface area contributed by atoms with Crippen LogP contribution in [-0.4, -0.2) is 35.3 Å². The van der Waals surface area contributed by atoms with Crippen LogP contribution in [-0.2, 0) is 4.79 Å². The molecule has 0 spiro atoms. The van der Waals surface area contributed by atoms with Crippen LogP contribution in [0.4, 0.5) is 11.4 Å². The third-order valence-electron chi connectivity index (χ3n) is 4.67. The minimum Gasteiger partial charge on any atom is -0.325 e. The molecule has 0 radical (unpaired) electrons. The molecule has 1 aromatic carbocycles. The molecule has 1 saturated heterocycles. The molecule has 6 heteroatoms. The molecule has 0 saturated carbocycles. The van der Waals surface area contributed by atoms with Crippen molar-refractivity contribution in [3.63, 3.8) is 0 Å². The zero-order chi connectivity index (χ0) is 18.5. The minimum atomic E-state index is -0.119. The molecule has 0 bridgehead atoms. The Morgan fingerprint density at radius 1 is 1.08 bits per heavy atom. The summed E-state index contributed by atoms with van der Waals surface area (Å²) in [7, 11) is 0. The number of hydrogen-bond acceptors (Lipinski definition) is 4. The number of carbonyl (C=O) groups is 2. The fourth-order valence-electron chi connectivity index (χ4n) is 3.32. The van der Waals surface area contributed by atoms with Crippen molar-refractivity contribution in [2.75, 3.05) is 17.2 Å². The van der Waals surface area contributed by atoms with Gasteiger partial charge in [-0.2, -0.15) is 0 Å². The number of nitrogens with one attached hydrogen (secondary N) is 2. The van der Waals surface area contributed by atoms with E-state index in [1.807, 2.05) is 35.7 Å². The number of rotatable bonds is 5. The lowest BCUT2D eigenvalue weighted by Crippen LogP contribution is -2.50. The summed E-state index contributed by atoms with van der Waals surface area (Å²) in [5.41, 5.74) is 1.46. The molecule has 26 heavy (non-hydrogen) atoms. The Bertz CT molecular complexity index is 741. The van der Waals surface area contributed by atoms with Gasteiger partial charge in [-0.1, -0.05) is 12.5 Å². The third kappa shape index (κ3) is 4.51. The van der Waals surface area contributed by atoms with E-state index < -0.39 is 0 Å². The van der Waals surface area contributed by atoms with Crippen molar-refractivity contribution >= 4 is 34.5 Å². The van der Waals surface area contributed by atoms with Gasteiger partial charge in [0.05, 0.1) is 10.9 Å². The molecular weight excluding hydrogens is 346 g/mol. The number of thiophene rings is 1. The van der Waals surface area contributed by atoms with E-state index in [0.29, 0.717) is 16.6 Å². The third-order valence-corrected chi connectivity index (χ3v) is 5.53. The highest BCUT2D eigenvalue weighted by atomic mass is 32.1. The second-order valence-electron chi connectivity index (χ2n) is 6.84. The van der Waals surface area contributed by atoms with Crippen molar-refractivity contribution in [2.24, 2.45) is 0 Å². The fourth-order valence-corrected chi connectivity index (χ4v) is 3.94. The second kappa shape index (κ2) is 8.47. The van der Waals surface area contributed by atoms with Crippen LogP contribution < -0.4 is 10.6 Å². The van der Waals surface area contributed by atoms with Crippen molar-refractivity contribution in [1.29, 1.82) is 0 Å². The first kappa shape index (κ1) is 18.6. The molecule has 2 aromatic rings. The minimum absolute atomic E-state index is 0.0498. The standard InChI is InChI=1S/C20H25N3O2S/c1-14(2)23-12-4-3-6-17(23)19(24)21-15-8-10-16(11-9-15)22-20(25)18-7-5-13-26-18/h5,7-11,13-14,17H,3-4,6,12H2,1-2H3,(H,21,24)(H,22,25). The van der Waals surface area contributed by atoms with E-state index in [0.717, 1.165) is 31.5 Å². The van der Waals surface area contributed by atoms with Gasteiger partial charge in [-0.25, -0.2) is 0 Å². The first-order chi connectivity index (χ1) is 12.5. The van der Waals surface area contributed by atoms with Gasteiger partial charge in [0.25, 0.3) is 5.91 Å². The summed E-state index contributed by atoms with van der Waals surface area (Å²) in [5, 5.41) is 7.75. The Balaban J connectivity index is 1.60. The topological polar surface area (TPSA) is 61.4 Å². The molecule has 1 aliphatic rings. The molecule has 1 fully saturated rings. The predicted octanol–water partition coefficient (Wildman–Crippen LogP) is 4.20. The first-order valence-electron chi connectivity index (χ1n) is 9.06. The van der Waals surface area contributed by atoms with Crippen molar-refractivity contribution in [1.82, 2.24) is 4.90 Å². The molecule has 3 rings (SSSR count). The fraction of sp³-hybridized carbons (Fsp3) is 0.400. The molecule has 2 amide bonds. The number of likely N-dealkylation sites (tertiary alicyclic amines) is 1. The van der Waals surface area contributed by atoms with Crippen molar-refractivity contribution in [3.8, 4) is 0 Å². The predicted molar refractivity (Wildman–Crippen MR) is 107 cm³/mol. The Morgan fingerprint density at radius 3 is 2.38 bits per heavy atom. The summed E-state index contributed by atoms with van der Waals surface area (Å²) < 4.78 is 0. The summed E-state index contributed by atoms with van der Waals surface area (Å²) in [5.74, 6) is -0.0691. The SMILES string of the molecule is CC(C)N1CCCCC1C(=O)Nc1ccc(NC(=O)c2cccs2)cc1. The van der Waals surface area contributed by atoms with Gasteiger partial charge in [0, 0.05) is 17.4 Å². The maximum Gasteiger partial charge on any atom is 0.265 e. The first-order valence-corrected chi connectivity index (χ1v) is 9.94. The summed E-state index contributed by atoms with van der Waals surface area (Å²) in [6.45, 7) is 5.25. The smallest absolute Gasteiger partial charge is 0.265 e. The highest BCUT2D eigenvalue weighted by molar-refractivity contribution is 7.12. The van der Waals surface area contributed by atoms with Crippen LogP contribution in [0.1, 0.15) is 42.8 Å². The van der Waals surface area contributed by atoms with Crippen molar-refractivity contribution in [2.45, 2.75) is 45.2 Å². The molecule has 1 aliphatic heterocycles. The van der Waals surface area contributed by atoms with Gasteiger partial charge in [-0.05, 0) is 68.9 Å². The quantitative estimate of drug-likeness (QED) is 0.828. The van der Waals surface area contributed by atoms with Gasteiger partial charge >= 0.3 is 0 Å². The molecular formula is C20H25N3O2S. The zero-order valence-corrected chi connectivity index (χ0v) is 16.0. The van der Waals surface area contributed by atoms with Gasteiger partial charge in [0.15, 0.2) is 0 Å². The Labute approximate surface area is 158 Å². The summed E-state index contributed by atoms with van der Waals surface area (Å²) in [4.78, 5) is 27.7. The lowest BCUT2D eigenvalue weighted by atomic mass is 9.99. The van der Waals surface area contributed by atoms with E-state index in [1.54, 1.807) is 6.07 Å². The van der Waals surface area contributed by atoms with E-state index in [1.165, 1.54) is 11.3 Å². The number of nitrogens with zero attached hydrogens (tertiary/aromatic N) is 1. The largest absolute Gasteiger partial charge is 0.325 e. The molecule has 2 heterocycles. The molecule has 138 valence electrons. The molecule has 2 N–H and O–H groups in total. The number of anilines is 2. The van der Waals surface area contributed by atoms with Gasteiger partial charge in [-0.3, -0.25) is 14.5 Å². The summed E-state index contributed by atoms with van der Waals surface area (Å²) in [6.07, 6.45) is 3.15. The van der Waals surface area contributed by atoms with E-state index in [9.17, 15) is 9.59 Å². The van der Waals surface area contributed by atoms with E-state index in [4.69, 9.17) is 0 Å². The summed E-state index contributed by atoms with van der Waals surface area (Å²) >= 11 is 1.41. The lowest BCUT2D eigenvalue weighted by molar-refractivity contribution is -0.123. The molecule has 1 aromatic heterocycles. The van der Waals surface area contributed by atoms with Gasteiger partial charge in [-0.15, -0.1) is 11.3 Å². The molecule has 0 aliphatic carbocycles. The van der Waals surface area contributed by atoms with E-state index in [2.05, 4.69) is 29.4 Å². The molecule has 1 unspecified atom stereocenters. The number of hydrogen-bond donors (Lipinski definition) is 2. The average Bonchev–Trinajstić information content (AvgIpc) is 3.18. The van der Waals surface area contributed by atoms with Crippen molar-refractivity contribution in [3.05, 3.63) is 46.7 Å². The van der Waals surface area contributed by atoms with Crippen LogP contribution >= 0.6 is 11.3 Å². The Kier molecular flexibility index (Phi) is 6.06. The van der Waals surface area contributed by atoms with Crippen LogP contribution in [0.25, 0.3) is 0 Å². The number of amides is 2. The average molecular weight is 372 g/mol. The van der Waals surface area contributed by atoms with Gasteiger partial charge in [0.1, 0.15) is 0 Å². The van der Waals surface area contributed by atoms with Crippen LogP contribution in [0.3, 0.4) is 0 Å². The normalized spacial score (nSPS) is 17.9. The number of piperidine rings is 1. The van der Waals surface area contributed by atoms with Crippen LogP contribution in [0, 0.1) is 0 Å². The maximum atomic E-state index is 12.7. The number of carbonyl (C=O) groups excluding carboxylic acids is 2. The van der Waals surface area contributed by atoms with E-state index >= 15 is 0 Å². The van der Waals surface area contributed by atoms with Crippen molar-refractivity contribution < 1.29 is 9.59 Å². The second-order valence-corrected chi connectivity index (χ2v) is 7.79. The lowest BCUT2D eigenvalue weighted by Gasteiger charge is -2.37. The highest BCUT2D eigenvalue weighted by Gasteiger charge is 2.30. The maximum absolute atomic E-state index is 12.7. The van der Waals surface area contributed by atoms with Crippen LogP contribution in [0.15, 0.2) is 41.8 Å². The zero-order valence-electron chi connectivity index (χ0n) is 15.2. The highest BCUT2D eigenvalue weighted by Crippen LogP contribution is 2.22. The van der Waals surface area contributed by atoms with E-state index in [-0.39, 0.29) is 17.9 Å². The molecule has 5 nitrogen and oxygen atoms in total. The monoisotopic (exact) mass is 371 g/mol. The number of benzene rings is 1. The van der Waals surface area contributed by atoms with Gasteiger partial charge in [0.2, 0.25) is 5.91 Å². The Morgan fingerprint density at radius 2 is 1.77 bits per heavy atom. The van der Waals surface area contributed by atoms with Crippen LogP contribution in [0.5, 0.6) is 0 Å². The van der Waals surface area contributed by atoms with Crippen LogP contribution in [0.2, 0.25) is 0 Å².